The van der Waals surface area contributed by atoms with E-state index < -0.39 is 0 Å². The summed E-state index contributed by atoms with van der Waals surface area (Å²) < 4.78 is 5.23. The molecule has 1 heterocycles. The summed E-state index contributed by atoms with van der Waals surface area (Å²) in [7, 11) is 1.54. The van der Waals surface area contributed by atoms with Crippen LogP contribution in [0, 0.1) is 18.3 Å². The average molecular weight is 255 g/mol. The van der Waals surface area contributed by atoms with Gasteiger partial charge in [0.1, 0.15) is 35.0 Å². The minimum Gasteiger partial charge on any atom is -0.495 e. The Balaban J connectivity index is 2.45. The lowest BCUT2D eigenvalue weighted by Gasteiger charge is -2.12. The molecule has 2 rings (SSSR count). The van der Waals surface area contributed by atoms with Crippen molar-refractivity contribution in [2.24, 2.45) is 0 Å². The number of nitrogens with zero attached hydrogens (tertiary/aromatic N) is 3. The van der Waals surface area contributed by atoms with Gasteiger partial charge in [0.15, 0.2) is 0 Å². The smallest absolute Gasteiger partial charge is 0.143 e. The molecule has 2 aromatic rings. The number of anilines is 3. The Bertz CT molecular complexity index is 628. The number of nitrogens with one attached hydrogen (secondary N) is 1. The van der Waals surface area contributed by atoms with Crippen molar-refractivity contribution in [1.29, 1.82) is 5.26 Å². The molecule has 0 saturated carbocycles. The normalized spacial score (nSPS) is 9.74. The van der Waals surface area contributed by atoms with Gasteiger partial charge in [-0.05, 0) is 19.1 Å². The molecule has 0 saturated heterocycles. The van der Waals surface area contributed by atoms with Crippen LogP contribution in [0.5, 0.6) is 5.75 Å². The number of hydrogen-bond acceptors (Lipinski definition) is 6. The molecule has 0 spiro atoms. The Morgan fingerprint density at radius 3 is 2.79 bits per heavy atom. The molecule has 6 heteroatoms. The molecule has 0 aliphatic heterocycles. The zero-order valence-electron chi connectivity index (χ0n) is 10.6. The molecule has 96 valence electrons. The zero-order valence-corrected chi connectivity index (χ0v) is 10.6. The molecule has 1 aromatic heterocycles. The third-order valence-electron chi connectivity index (χ3n) is 2.48. The van der Waals surface area contributed by atoms with Crippen LogP contribution >= 0.6 is 0 Å². The van der Waals surface area contributed by atoms with Crippen molar-refractivity contribution in [3.8, 4) is 11.8 Å². The first-order chi connectivity index (χ1) is 9.13. The fourth-order valence-corrected chi connectivity index (χ4v) is 1.71. The Morgan fingerprint density at radius 2 is 2.16 bits per heavy atom. The standard InChI is InChI=1S/C13H13N5O/c1-8-16-11(15)6-12(17-8)18-13-9(7-14)4-3-5-10(13)19-2/h3-6H,1-2H3,(H3,15,16,17,18). The van der Waals surface area contributed by atoms with E-state index in [0.29, 0.717) is 34.5 Å². The quantitative estimate of drug-likeness (QED) is 0.870. The van der Waals surface area contributed by atoms with Gasteiger partial charge < -0.3 is 15.8 Å². The van der Waals surface area contributed by atoms with Crippen LogP contribution in [-0.4, -0.2) is 17.1 Å². The van der Waals surface area contributed by atoms with Gasteiger partial charge in [-0.15, -0.1) is 0 Å². The fraction of sp³-hybridized carbons (Fsp3) is 0.154. The van der Waals surface area contributed by atoms with E-state index in [2.05, 4.69) is 21.4 Å². The molecule has 3 N–H and O–H groups in total. The van der Waals surface area contributed by atoms with Crippen LogP contribution < -0.4 is 15.8 Å². The van der Waals surface area contributed by atoms with E-state index in [9.17, 15) is 0 Å². The number of nitrogens with two attached hydrogens (primary N) is 1. The third kappa shape index (κ3) is 2.72. The lowest BCUT2D eigenvalue weighted by Crippen LogP contribution is -2.03. The van der Waals surface area contributed by atoms with E-state index in [4.69, 9.17) is 15.7 Å². The second-order valence-electron chi connectivity index (χ2n) is 3.84. The lowest BCUT2D eigenvalue weighted by molar-refractivity contribution is 0.416. The van der Waals surface area contributed by atoms with Gasteiger partial charge in [-0.3, -0.25) is 0 Å². The topological polar surface area (TPSA) is 96.8 Å². The summed E-state index contributed by atoms with van der Waals surface area (Å²) in [6.45, 7) is 1.75. The molecular formula is C13H13N5O. The first-order valence-corrected chi connectivity index (χ1v) is 5.59. The van der Waals surface area contributed by atoms with Gasteiger partial charge in [-0.1, -0.05) is 6.07 Å². The maximum Gasteiger partial charge on any atom is 0.143 e. The van der Waals surface area contributed by atoms with Crippen LogP contribution in [0.15, 0.2) is 24.3 Å². The first kappa shape index (κ1) is 12.6. The van der Waals surface area contributed by atoms with Crippen molar-refractivity contribution in [1.82, 2.24) is 9.97 Å². The summed E-state index contributed by atoms with van der Waals surface area (Å²) in [5, 5.41) is 12.2. The van der Waals surface area contributed by atoms with E-state index >= 15 is 0 Å². The Morgan fingerprint density at radius 1 is 1.37 bits per heavy atom. The number of nitrogen functional groups attached to an aromatic ring is 1. The molecular weight excluding hydrogens is 242 g/mol. The number of rotatable bonds is 3. The summed E-state index contributed by atoms with van der Waals surface area (Å²) in [5.74, 6) is 2.00. The van der Waals surface area contributed by atoms with Crippen molar-refractivity contribution < 1.29 is 4.74 Å². The van der Waals surface area contributed by atoms with Crippen LogP contribution in [0.2, 0.25) is 0 Å². The summed E-state index contributed by atoms with van der Waals surface area (Å²) in [4.78, 5) is 8.20. The molecule has 0 aliphatic rings. The maximum absolute atomic E-state index is 9.12. The second kappa shape index (κ2) is 5.23. The number of benzene rings is 1. The van der Waals surface area contributed by atoms with Gasteiger partial charge in [0.05, 0.1) is 12.7 Å². The van der Waals surface area contributed by atoms with Gasteiger partial charge in [0.25, 0.3) is 0 Å². The molecule has 0 radical (unpaired) electrons. The fourth-order valence-electron chi connectivity index (χ4n) is 1.71. The largest absolute Gasteiger partial charge is 0.495 e. The summed E-state index contributed by atoms with van der Waals surface area (Å²) in [6.07, 6.45) is 0. The van der Waals surface area contributed by atoms with E-state index in [1.54, 1.807) is 38.3 Å². The summed E-state index contributed by atoms with van der Waals surface area (Å²) >= 11 is 0. The van der Waals surface area contributed by atoms with Crippen LogP contribution in [0.1, 0.15) is 11.4 Å². The molecule has 0 fully saturated rings. The molecule has 0 amide bonds. The van der Waals surface area contributed by atoms with Gasteiger partial charge in [0, 0.05) is 6.07 Å². The highest BCUT2D eigenvalue weighted by molar-refractivity contribution is 5.72. The van der Waals surface area contributed by atoms with Crippen molar-refractivity contribution in [2.75, 3.05) is 18.2 Å². The Kier molecular flexibility index (Phi) is 3.48. The minimum atomic E-state index is 0.364. The SMILES string of the molecule is COc1cccc(C#N)c1Nc1cc(N)nc(C)n1. The Hall–Kier alpha value is -2.81. The number of methoxy groups -OCH3 is 1. The predicted molar refractivity (Wildman–Crippen MR) is 72.2 cm³/mol. The molecule has 0 unspecified atom stereocenters. The molecule has 0 bridgehead atoms. The lowest BCUT2D eigenvalue weighted by atomic mass is 10.2. The highest BCUT2D eigenvalue weighted by Crippen LogP contribution is 2.30. The van der Waals surface area contributed by atoms with Gasteiger partial charge in [0.2, 0.25) is 0 Å². The minimum absolute atomic E-state index is 0.364. The number of para-hydroxylation sites is 1. The monoisotopic (exact) mass is 255 g/mol. The summed E-state index contributed by atoms with van der Waals surface area (Å²) in [5.41, 5.74) is 6.69. The molecule has 0 atom stereocenters. The molecule has 1 aromatic carbocycles. The van der Waals surface area contributed by atoms with Crippen molar-refractivity contribution >= 4 is 17.3 Å². The second-order valence-corrected chi connectivity index (χ2v) is 3.84. The van der Waals surface area contributed by atoms with Crippen LogP contribution in [0.3, 0.4) is 0 Å². The number of aryl methyl sites for hydroxylation is 1. The molecule has 6 nitrogen and oxygen atoms in total. The van der Waals surface area contributed by atoms with Crippen molar-refractivity contribution in [3.63, 3.8) is 0 Å². The van der Waals surface area contributed by atoms with E-state index in [1.807, 2.05) is 0 Å². The maximum atomic E-state index is 9.12. The predicted octanol–water partition coefficient (Wildman–Crippen LogP) is 1.99. The summed E-state index contributed by atoms with van der Waals surface area (Å²) in [6, 6.07) is 8.91. The van der Waals surface area contributed by atoms with Crippen LogP contribution in [0.25, 0.3) is 0 Å². The molecule has 0 aliphatic carbocycles. The van der Waals surface area contributed by atoms with Gasteiger partial charge >= 0.3 is 0 Å². The van der Waals surface area contributed by atoms with Gasteiger partial charge in [-0.25, -0.2) is 9.97 Å². The van der Waals surface area contributed by atoms with E-state index in [0.717, 1.165) is 0 Å². The van der Waals surface area contributed by atoms with Crippen LogP contribution in [0.4, 0.5) is 17.3 Å². The Labute approximate surface area is 110 Å². The third-order valence-corrected chi connectivity index (χ3v) is 2.48. The van der Waals surface area contributed by atoms with Crippen LogP contribution in [-0.2, 0) is 0 Å². The van der Waals surface area contributed by atoms with E-state index in [1.165, 1.54) is 0 Å². The number of aromatic nitrogens is 2. The average Bonchev–Trinajstić information content (AvgIpc) is 2.37. The van der Waals surface area contributed by atoms with Crippen molar-refractivity contribution in [2.45, 2.75) is 6.92 Å². The number of nitriles is 1. The zero-order chi connectivity index (χ0) is 13.8. The first-order valence-electron chi connectivity index (χ1n) is 5.59. The molecule has 19 heavy (non-hydrogen) atoms. The highest BCUT2D eigenvalue weighted by Gasteiger charge is 2.10. The van der Waals surface area contributed by atoms with E-state index in [-0.39, 0.29) is 0 Å². The highest BCUT2D eigenvalue weighted by atomic mass is 16.5. The van der Waals surface area contributed by atoms with Crippen molar-refractivity contribution in [3.05, 3.63) is 35.7 Å². The number of hydrogen-bond donors (Lipinski definition) is 2. The van der Waals surface area contributed by atoms with Gasteiger partial charge in [-0.2, -0.15) is 5.26 Å². The number of ether oxygens (including phenoxy) is 1.